The van der Waals surface area contributed by atoms with Gasteiger partial charge in [0, 0.05) is 31.3 Å². The normalized spacial score (nSPS) is 22.4. The number of nitrogen functional groups attached to an aromatic ring is 1. The largest absolute Gasteiger partial charge is 0.399 e. The van der Waals surface area contributed by atoms with Gasteiger partial charge in [0.2, 0.25) is 0 Å². The quantitative estimate of drug-likeness (QED) is 0.484. The lowest BCUT2D eigenvalue weighted by molar-refractivity contribution is -0.383. The highest BCUT2D eigenvalue weighted by atomic mass is 16.6. The third-order valence-corrected chi connectivity index (χ3v) is 3.66. The average molecular weight is 265 g/mol. The Kier molecular flexibility index (Phi) is 4.21. The Bertz CT molecular complexity index is 464. The summed E-state index contributed by atoms with van der Waals surface area (Å²) in [7, 11) is 1.71. The molecule has 6 nitrogen and oxygen atoms in total. The fourth-order valence-corrected chi connectivity index (χ4v) is 2.64. The molecule has 0 unspecified atom stereocenters. The summed E-state index contributed by atoms with van der Waals surface area (Å²) < 4.78 is 5.42. The minimum absolute atomic E-state index is 0.0566. The van der Waals surface area contributed by atoms with Gasteiger partial charge in [0.25, 0.3) is 5.69 Å². The van der Waals surface area contributed by atoms with Crippen LogP contribution < -0.4 is 11.1 Å². The molecule has 3 N–H and O–H groups in total. The Labute approximate surface area is 112 Å². The highest BCUT2D eigenvalue weighted by molar-refractivity contribution is 5.67. The Morgan fingerprint density at radius 2 is 2.32 bits per heavy atom. The van der Waals surface area contributed by atoms with Crippen LogP contribution in [0.15, 0.2) is 18.2 Å². The van der Waals surface area contributed by atoms with E-state index < -0.39 is 4.92 Å². The summed E-state index contributed by atoms with van der Waals surface area (Å²) in [6, 6.07) is 4.58. The lowest BCUT2D eigenvalue weighted by Gasteiger charge is -2.19. The van der Waals surface area contributed by atoms with Crippen molar-refractivity contribution in [2.75, 3.05) is 24.7 Å². The fourth-order valence-electron chi connectivity index (χ4n) is 2.64. The maximum absolute atomic E-state index is 10.9. The number of nitrogens with two attached hydrogens (primary N) is 1. The number of benzene rings is 1. The van der Waals surface area contributed by atoms with Crippen LogP contribution in [0.5, 0.6) is 0 Å². The monoisotopic (exact) mass is 265 g/mol. The Balaban J connectivity index is 2.06. The van der Waals surface area contributed by atoms with E-state index >= 15 is 0 Å². The molecule has 6 heteroatoms. The molecule has 1 saturated carbocycles. The van der Waals surface area contributed by atoms with E-state index in [1.807, 2.05) is 0 Å². The zero-order valence-electron chi connectivity index (χ0n) is 11.0. The minimum Gasteiger partial charge on any atom is -0.399 e. The molecular weight excluding hydrogens is 246 g/mol. The van der Waals surface area contributed by atoms with E-state index in [0.717, 1.165) is 19.3 Å². The first-order valence-electron chi connectivity index (χ1n) is 6.42. The van der Waals surface area contributed by atoms with Gasteiger partial charge in [-0.05, 0) is 25.0 Å². The van der Waals surface area contributed by atoms with E-state index in [-0.39, 0.29) is 11.8 Å². The molecular formula is C13H19N3O3. The smallest absolute Gasteiger partial charge is 0.292 e. The van der Waals surface area contributed by atoms with Crippen LogP contribution in [-0.2, 0) is 4.74 Å². The molecule has 0 heterocycles. The molecule has 1 aromatic carbocycles. The molecule has 2 atom stereocenters. The standard InChI is InChI=1S/C13H19N3O3/c1-19-13-4-2-3-9(13)8-15-11-7-10(14)5-6-12(11)16(17)18/h5-7,9,13,15H,2-4,8,14H2,1H3/t9-,13+/m0/s1. The number of nitro groups is 1. The maximum Gasteiger partial charge on any atom is 0.292 e. The molecule has 104 valence electrons. The molecule has 0 radical (unpaired) electrons. The summed E-state index contributed by atoms with van der Waals surface area (Å²) >= 11 is 0. The third kappa shape index (κ3) is 3.14. The summed E-state index contributed by atoms with van der Waals surface area (Å²) in [6.45, 7) is 0.669. The number of nitrogens with zero attached hydrogens (tertiary/aromatic N) is 1. The molecule has 1 fully saturated rings. The molecule has 0 aromatic heterocycles. The Hall–Kier alpha value is -1.82. The SMILES string of the molecule is CO[C@@H]1CCC[C@H]1CNc1cc(N)ccc1[N+](=O)[O-]. The van der Waals surface area contributed by atoms with Crippen LogP contribution in [0.2, 0.25) is 0 Å². The van der Waals surface area contributed by atoms with Crippen LogP contribution in [0.25, 0.3) is 0 Å². The Morgan fingerprint density at radius 3 is 3.00 bits per heavy atom. The second-order valence-electron chi connectivity index (χ2n) is 4.88. The van der Waals surface area contributed by atoms with E-state index in [9.17, 15) is 10.1 Å². The number of rotatable bonds is 5. The van der Waals surface area contributed by atoms with Crippen molar-refractivity contribution in [1.29, 1.82) is 0 Å². The molecule has 1 aliphatic carbocycles. The van der Waals surface area contributed by atoms with Crippen molar-refractivity contribution >= 4 is 17.1 Å². The van der Waals surface area contributed by atoms with Gasteiger partial charge in [0.05, 0.1) is 11.0 Å². The fraction of sp³-hybridized carbons (Fsp3) is 0.538. The summed E-state index contributed by atoms with van der Waals surface area (Å²) in [4.78, 5) is 10.6. The van der Waals surface area contributed by atoms with Crippen LogP contribution >= 0.6 is 0 Å². The second-order valence-corrected chi connectivity index (χ2v) is 4.88. The number of methoxy groups -OCH3 is 1. The van der Waals surface area contributed by atoms with Gasteiger partial charge in [0.1, 0.15) is 5.69 Å². The molecule has 0 aliphatic heterocycles. The van der Waals surface area contributed by atoms with Crippen LogP contribution in [-0.4, -0.2) is 24.7 Å². The van der Waals surface area contributed by atoms with Crippen LogP contribution in [0.3, 0.4) is 0 Å². The topological polar surface area (TPSA) is 90.4 Å². The molecule has 2 rings (SSSR count). The van der Waals surface area contributed by atoms with Crippen LogP contribution in [0, 0.1) is 16.0 Å². The van der Waals surface area contributed by atoms with Crippen LogP contribution in [0.4, 0.5) is 17.1 Å². The van der Waals surface area contributed by atoms with Crippen LogP contribution in [0.1, 0.15) is 19.3 Å². The van der Waals surface area contributed by atoms with E-state index in [0.29, 0.717) is 23.8 Å². The number of anilines is 2. The zero-order chi connectivity index (χ0) is 13.8. The van der Waals surface area contributed by atoms with E-state index in [2.05, 4.69) is 5.32 Å². The van der Waals surface area contributed by atoms with Crippen molar-refractivity contribution in [3.8, 4) is 0 Å². The first-order valence-corrected chi connectivity index (χ1v) is 6.42. The zero-order valence-corrected chi connectivity index (χ0v) is 11.0. The molecule has 19 heavy (non-hydrogen) atoms. The Morgan fingerprint density at radius 1 is 1.53 bits per heavy atom. The van der Waals surface area contributed by atoms with Crippen molar-refractivity contribution in [3.63, 3.8) is 0 Å². The maximum atomic E-state index is 10.9. The molecule has 0 spiro atoms. The van der Waals surface area contributed by atoms with E-state index in [1.165, 1.54) is 12.1 Å². The molecule has 1 aromatic rings. The molecule has 0 amide bonds. The number of hydrogen-bond donors (Lipinski definition) is 2. The molecule has 0 bridgehead atoms. The van der Waals surface area contributed by atoms with Crippen molar-refractivity contribution < 1.29 is 9.66 Å². The first kappa shape index (κ1) is 13.6. The van der Waals surface area contributed by atoms with Crippen molar-refractivity contribution in [3.05, 3.63) is 28.3 Å². The second kappa shape index (κ2) is 5.88. The predicted molar refractivity (Wildman–Crippen MR) is 74.1 cm³/mol. The summed E-state index contributed by atoms with van der Waals surface area (Å²) in [5.74, 6) is 0.394. The highest BCUT2D eigenvalue weighted by Gasteiger charge is 2.27. The van der Waals surface area contributed by atoms with Gasteiger partial charge in [-0.1, -0.05) is 6.42 Å². The lowest BCUT2D eigenvalue weighted by atomic mass is 10.1. The number of hydrogen-bond acceptors (Lipinski definition) is 5. The summed E-state index contributed by atoms with van der Waals surface area (Å²) in [5.41, 5.74) is 6.73. The highest BCUT2D eigenvalue weighted by Crippen LogP contribution is 2.30. The van der Waals surface area contributed by atoms with Gasteiger partial charge in [0.15, 0.2) is 0 Å². The summed E-state index contributed by atoms with van der Waals surface area (Å²) in [6.07, 6.45) is 3.53. The average Bonchev–Trinajstić information content (AvgIpc) is 2.83. The first-order chi connectivity index (χ1) is 9.11. The number of nitrogens with one attached hydrogen (secondary N) is 1. The number of ether oxygens (including phenoxy) is 1. The molecule has 1 aliphatic rings. The van der Waals surface area contributed by atoms with Gasteiger partial charge in [-0.2, -0.15) is 0 Å². The third-order valence-electron chi connectivity index (χ3n) is 3.66. The number of nitro benzene ring substituents is 1. The van der Waals surface area contributed by atoms with Crippen molar-refractivity contribution in [2.45, 2.75) is 25.4 Å². The van der Waals surface area contributed by atoms with Gasteiger partial charge in [-0.15, -0.1) is 0 Å². The van der Waals surface area contributed by atoms with Crippen molar-refractivity contribution in [1.82, 2.24) is 0 Å². The summed E-state index contributed by atoms with van der Waals surface area (Å²) in [5, 5.41) is 14.1. The predicted octanol–water partition coefficient (Wildman–Crippen LogP) is 2.40. The minimum atomic E-state index is -0.399. The van der Waals surface area contributed by atoms with E-state index in [1.54, 1.807) is 13.2 Å². The van der Waals surface area contributed by atoms with Gasteiger partial charge in [-0.25, -0.2) is 0 Å². The lowest BCUT2D eigenvalue weighted by Crippen LogP contribution is -2.24. The van der Waals surface area contributed by atoms with Gasteiger partial charge < -0.3 is 15.8 Å². The van der Waals surface area contributed by atoms with Gasteiger partial charge in [-0.3, -0.25) is 10.1 Å². The van der Waals surface area contributed by atoms with Gasteiger partial charge >= 0.3 is 0 Å². The van der Waals surface area contributed by atoms with E-state index in [4.69, 9.17) is 10.5 Å². The van der Waals surface area contributed by atoms with Crippen molar-refractivity contribution in [2.24, 2.45) is 5.92 Å². The molecule has 0 saturated heterocycles.